The fourth-order valence-corrected chi connectivity index (χ4v) is 2.13. The van der Waals surface area contributed by atoms with Crippen molar-refractivity contribution in [3.8, 4) is 0 Å². The van der Waals surface area contributed by atoms with Crippen molar-refractivity contribution < 1.29 is 15.0 Å². The van der Waals surface area contributed by atoms with Crippen LogP contribution in [0.4, 0.5) is 11.4 Å². The van der Waals surface area contributed by atoms with Gasteiger partial charge in [-0.15, -0.1) is 0 Å². The van der Waals surface area contributed by atoms with Crippen LogP contribution in [-0.2, 0) is 5.33 Å². The lowest BCUT2D eigenvalue weighted by molar-refractivity contribution is -0.395. The summed E-state index contributed by atoms with van der Waals surface area (Å²) in [6.45, 7) is 1.68. The summed E-state index contributed by atoms with van der Waals surface area (Å²) in [6.07, 6.45) is -0.631. The predicted molar refractivity (Wildman–Crippen MR) is 67.6 cm³/mol. The van der Waals surface area contributed by atoms with Crippen molar-refractivity contribution in [1.29, 1.82) is 0 Å². The average molecular weight is 319 g/mol. The maximum Gasteiger partial charge on any atom is 0.280 e. The second-order valence-corrected chi connectivity index (χ2v) is 4.17. The summed E-state index contributed by atoms with van der Waals surface area (Å²) in [6, 6.07) is 2.36. The van der Waals surface area contributed by atoms with Crippen LogP contribution >= 0.6 is 15.9 Å². The molecule has 1 aromatic rings. The van der Waals surface area contributed by atoms with E-state index in [-0.39, 0.29) is 27.8 Å². The number of alkyl halides is 1. The van der Waals surface area contributed by atoms with Gasteiger partial charge in [0.15, 0.2) is 0 Å². The van der Waals surface area contributed by atoms with E-state index < -0.39 is 16.0 Å². The Morgan fingerprint density at radius 3 is 2.00 bits per heavy atom. The summed E-state index contributed by atoms with van der Waals surface area (Å²) in [5.41, 5.74) is -0.537. The zero-order valence-electron chi connectivity index (χ0n) is 9.50. The number of aliphatic hydroxyl groups excluding tert-OH is 1. The van der Waals surface area contributed by atoms with Crippen LogP contribution in [0.5, 0.6) is 0 Å². The van der Waals surface area contributed by atoms with E-state index in [0.717, 1.165) is 0 Å². The van der Waals surface area contributed by atoms with Crippen LogP contribution < -0.4 is 0 Å². The van der Waals surface area contributed by atoms with Gasteiger partial charge >= 0.3 is 0 Å². The maximum atomic E-state index is 10.9. The normalized spacial score (nSPS) is 12.2. The molecule has 0 fully saturated rings. The molecule has 8 heteroatoms. The molecule has 0 aliphatic rings. The van der Waals surface area contributed by atoms with E-state index in [2.05, 4.69) is 15.9 Å². The minimum Gasteiger partial charge on any atom is -0.388 e. The molecule has 1 atom stereocenters. The van der Waals surface area contributed by atoms with E-state index in [1.165, 1.54) is 12.1 Å². The lowest BCUT2D eigenvalue weighted by Crippen LogP contribution is -2.04. The van der Waals surface area contributed by atoms with Crippen LogP contribution in [0.1, 0.15) is 30.6 Å². The highest BCUT2D eigenvalue weighted by Gasteiger charge is 2.27. The number of benzene rings is 1. The fourth-order valence-electron chi connectivity index (χ4n) is 1.55. The van der Waals surface area contributed by atoms with Crippen molar-refractivity contribution in [2.24, 2.45) is 0 Å². The molecule has 98 valence electrons. The standard InChI is InChI=1S/C10H11BrN2O5/c1-2-10(14)6-3-8(12(15)16)7(5-11)9(4-6)13(17)18/h3-4,10,14H,2,5H2,1H3. The first-order valence-corrected chi connectivity index (χ1v) is 6.24. The largest absolute Gasteiger partial charge is 0.388 e. The molecular formula is C10H11BrN2O5. The number of rotatable bonds is 5. The number of halogens is 1. The van der Waals surface area contributed by atoms with Crippen LogP contribution in [0.3, 0.4) is 0 Å². The Hall–Kier alpha value is -1.54. The van der Waals surface area contributed by atoms with Crippen LogP contribution in [-0.4, -0.2) is 15.0 Å². The Bertz CT molecular complexity index is 456. The average Bonchev–Trinajstić information content (AvgIpc) is 2.35. The van der Waals surface area contributed by atoms with E-state index in [9.17, 15) is 25.3 Å². The minimum atomic E-state index is -0.952. The van der Waals surface area contributed by atoms with Gasteiger partial charge in [0.1, 0.15) is 5.56 Å². The minimum absolute atomic E-state index is 0.00211. The molecule has 1 rings (SSSR count). The maximum absolute atomic E-state index is 10.9. The third kappa shape index (κ3) is 2.82. The first-order valence-electron chi connectivity index (χ1n) is 5.12. The molecule has 0 aromatic heterocycles. The molecule has 0 amide bonds. The third-order valence-electron chi connectivity index (χ3n) is 2.52. The summed E-state index contributed by atoms with van der Waals surface area (Å²) >= 11 is 3.00. The lowest BCUT2D eigenvalue weighted by Gasteiger charge is -2.09. The molecule has 1 aromatic carbocycles. The zero-order chi connectivity index (χ0) is 13.9. The topological polar surface area (TPSA) is 107 Å². The van der Waals surface area contributed by atoms with Gasteiger partial charge < -0.3 is 5.11 Å². The van der Waals surface area contributed by atoms with E-state index in [1.807, 2.05) is 0 Å². The van der Waals surface area contributed by atoms with Gasteiger partial charge in [0.05, 0.1) is 16.0 Å². The highest BCUT2D eigenvalue weighted by atomic mass is 79.9. The quantitative estimate of drug-likeness (QED) is 0.510. The van der Waals surface area contributed by atoms with Crippen molar-refractivity contribution in [3.05, 3.63) is 43.5 Å². The van der Waals surface area contributed by atoms with E-state index in [0.29, 0.717) is 6.42 Å². The molecule has 18 heavy (non-hydrogen) atoms. The summed E-state index contributed by atoms with van der Waals surface area (Å²) in [7, 11) is 0. The number of hydrogen-bond acceptors (Lipinski definition) is 5. The molecule has 0 aliphatic heterocycles. The van der Waals surface area contributed by atoms with E-state index in [4.69, 9.17) is 0 Å². The molecule has 0 radical (unpaired) electrons. The Labute approximate surface area is 111 Å². The SMILES string of the molecule is CCC(O)c1cc([N+](=O)[O-])c(CBr)c([N+](=O)[O-])c1. The van der Waals surface area contributed by atoms with Crippen molar-refractivity contribution in [2.75, 3.05) is 0 Å². The van der Waals surface area contributed by atoms with Crippen LogP contribution in [0, 0.1) is 20.2 Å². The summed E-state index contributed by atoms with van der Waals surface area (Å²) < 4.78 is 0. The molecule has 1 unspecified atom stereocenters. The Kier molecular flexibility index (Phi) is 4.74. The number of aliphatic hydroxyl groups is 1. The first-order chi connectivity index (χ1) is 8.42. The molecule has 0 aliphatic carbocycles. The van der Waals surface area contributed by atoms with Gasteiger partial charge in [0, 0.05) is 17.5 Å². The molecule has 0 saturated carbocycles. The van der Waals surface area contributed by atoms with Crippen LogP contribution in [0.15, 0.2) is 12.1 Å². The zero-order valence-corrected chi connectivity index (χ0v) is 11.1. The molecular weight excluding hydrogens is 308 g/mol. The van der Waals surface area contributed by atoms with Gasteiger partial charge in [-0.2, -0.15) is 0 Å². The molecule has 0 spiro atoms. The van der Waals surface area contributed by atoms with Gasteiger partial charge in [-0.3, -0.25) is 20.2 Å². The summed E-state index contributed by atoms with van der Waals surface area (Å²) in [5, 5.41) is 31.4. The number of hydrogen-bond donors (Lipinski definition) is 1. The molecule has 0 bridgehead atoms. The molecule has 7 nitrogen and oxygen atoms in total. The molecule has 0 saturated heterocycles. The van der Waals surface area contributed by atoms with Crippen molar-refractivity contribution in [2.45, 2.75) is 24.8 Å². The number of nitro groups is 2. The van der Waals surface area contributed by atoms with Crippen molar-refractivity contribution in [3.63, 3.8) is 0 Å². The van der Waals surface area contributed by atoms with Gasteiger partial charge in [0.25, 0.3) is 11.4 Å². The second-order valence-electron chi connectivity index (χ2n) is 3.61. The van der Waals surface area contributed by atoms with Gasteiger partial charge in [-0.1, -0.05) is 22.9 Å². The third-order valence-corrected chi connectivity index (χ3v) is 3.08. The lowest BCUT2D eigenvalue weighted by atomic mass is 10.0. The number of nitrogens with zero attached hydrogens (tertiary/aromatic N) is 2. The fraction of sp³-hybridized carbons (Fsp3) is 0.400. The van der Waals surface area contributed by atoms with Crippen molar-refractivity contribution in [1.82, 2.24) is 0 Å². The van der Waals surface area contributed by atoms with Gasteiger partial charge in [-0.25, -0.2) is 0 Å². The predicted octanol–water partition coefficient (Wildman–Crippen LogP) is 2.84. The van der Waals surface area contributed by atoms with Crippen molar-refractivity contribution >= 4 is 27.3 Å². The first kappa shape index (κ1) is 14.5. The molecule has 1 N–H and O–H groups in total. The Morgan fingerprint density at radius 1 is 1.28 bits per heavy atom. The second kappa shape index (κ2) is 5.87. The summed E-state index contributed by atoms with van der Waals surface area (Å²) in [4.78, 5) is 20.4. The monoisotopic (exact) mass is 318 g/mol. The van der Waals surface area contributed by atoms with Gasteiger partial charge in [0.2, 0.25) is 0 Å². The van der Waals surface area contributed by atoms with Crippen LogP contribution in [0.2, 0.25) is 0 Å². The Balaban J connectivity index is 3.53. The van der Waals surface area contributed by atoms with Crippen LogP contribution in [0.25, 0.3) is 0 Å². The van der Waals surface area contributed by atoms with Gasteiger partial charge in [-0.05, 0) is 12.0 Å². The highest BCUT2D eigenvalue weighted by molar-refractivity contribution is 9.08. The van der Waals surface area contributed by atoms with E-state index in [1.54, 1.807) is 6.92 Å². The highest BCUT2D eigenvalue weighted by Crippen LogP contribution is 2.34. The number of nitro benzene ring substituents is 2. The van der Waals surface area contributed by atoms with E-state index >= 15 is 0 Å². The molecule has 0 heterocycles. The Morgan fingerprint density at radius 2 is 1.72 bits per heavy atom. The summed E-state index contributed by atoms with van der Waals surface area (Å²) in [5.74, 6) is 0. The smallest absolute Gasteiger partial charge is 0.280 e.